The van der Waals surface area contributed by atoms with E-state index in [-0.39, 0.29) is 0 Å². The Hall–Kier alpha value is -2.06. The zero-order valence-corrected chi connectivity index (χ0v) is 14.0. The van der Waals surface area contributed by atoms with Crippen LogP contribution in [0.5, 0.6) is 0 Å². The van der Waals surface area contributed by atoms with E-state index < -0.39 is 13.3 Å². The van der Waals surface area contributed by atoms with Crippen LogP contribution in [-0.2, 0) is 0 Å². The molecule has 0 saturated carbocycles. The van der Waals surface area contributed by atoms with E-state index in [2.05, 4.69) is 102 Å². The Bertz CT molecular complexity index is 606. The van der Waals surface area contributed by atoms with Gasteiger partial charge in [0, 0.05) is 0 Å². The van der Waals surface area contributed by atoms with Crippen LogP contribution in [0, 0.1) is 0 Å². The topological polar surface area (TPSA) is 0 Å². The molecule has 3 rings (SSSR count). The first-order valence-corrected chi connectivity index (χ1v) is 11.5. The molecule has 0 aromatic heterocycles. The van der Waals surface area contributed by atoms with Crippen LogP contribution >= 0.6 is 0 Å². The van der Waals surface area contributed by atoms with Gasteiger partial charge in [-0.3, -0.25) is 0 Å². The van der Waals surface area contributed by atoms with Crippen LogP contribution < -0.4 is 13.2 Å². The van der Waals surface area contributed by atoms with E-state index in [1.165, 1.54) is 13.2 Å². The van der Waals surface area contributed by atoms with Crippen molar-refractivity contribution < 1.29 is 0 Å². The van der Waals surface area contributed by atoms with Crippen LogP contribution in [0.25, 0.3) is 0 Å². The molecule has 1 heteroatoms. The Balaban J connectivity index is 2.31. The summed E-state index contributed by atoms with van der Waals surface area (Å²) in [5.41, 5.74) is 0. The van der Waals surface area contributed by atoms with Crippen LogP contribution in [0.15, 0.2) is 102 Å². The van der Waals surface area contributed by atoms with Crippen molar-refractivity contribution in [2.24, 2.45) is 0 Å². The van der Waals surface area contributed by atoms with E-state index in [1.807, 2.05) is 0 Å². The predicted molar refractivity (Wildman–Crippen MR) is 94.2 cm³/mol. The summed E-state index contributed by atoms with van der Waals surface area (Å²) in [6.07, 6.45) is 0. The third-order valence-electron chi connectivity index (χ3n) is 3.99. The van der Waals surface area contributed by atoms with Crippen LogP contribution in [-0.4, -0.2) is 13.3 Å². The Morgan fingerprint density at radius 3 is 1.05 bits per heavy atom. The van der Waals surface area contributed by atoms with Gasteiger partial charge in [-0.25, -0.2) is 0 Å². The Kier molecular flexibility index (Phi) is 4.07. The fourth-order valence-corrected chi connectivity index (χ4v) is 11.1. The SMILES string of the molecule is C=[CH][Ge]([c]1ccccc1)([c]1ccccc1)[c]1ccccc1. The third-order valence-corrected chi connectivity index (χ3v) is 13.1. The molecule has 0 aliphatic rings. The van der Waals surface area contributed by atoms with Crippen molar-refractivity contribution in [1.82, 2.24) is 0 Å². The molecule has 3 aromatic carbocycles. The van der Waals surface area contributed by atoms with Crippen molar-refractivity contribution in [3.8, 4) is 0 Å². The number of benzene rings is 3. The molecule has 0 aliphatic heterocycles. The third kappa shape index (κ3) is 2.47. The standard InChI is InChI=1S/C20H18Ge/c1-2-21(18-12-6-3-7-13-18,19-14-8-4-9-15-19)20-16-10-5-11-17-20/h2-17H,1H2. The summed E-state index contributed by atoms with van der Waals surface area (Å²) in [6.45, 7) is 4.25. The van der Waals surface area contributed by atoms with Gasteiger partial charge in [0.1, 0.15) is 0 Å². The van der Waals surface area contributed by atoms with Crippen molar-refractivity contribution in [1.29, 1.82) is 0 Å². The molecular formula is C20H18Ge. The molecule has 3 aromatic rings. The molecule has 0 heterocycles. The quantitative estimate of drug-likeness (QED) is 0.645. The molecule has 102 valence electrons. The van der Waals surface area contributed by atoms with Crippen molar-refractivity contribution >= 4 is 26.5 Å². The van der Waals surface area contributed by atoms with Crippen LogP contribution in [0.1, 0.15) is 0 Å². The molecule has 0 spiro atoms. The zero-order valence-electron chi connectivity index (χ0n) is 11.9. The molecule has 0 aliphatic carbocycles. The summed E-state index contributed by atoms with van der Waals surface area (Å²) in [7, 11) is 0. The molecular weight excluding hydrogens is 313 g/mol. The monoisotopic (exact) mass is 332 g/mol. The molecule has 0 nitrogen and oxygen atoms in total. The first kappa shape index (κ1) is 13.9. The van der Waals surface area contributed by atoms with E-state index in [9.17, 15) is 0 Å². The maximum absolute atomic E-state index is 4.25. The molecule has 0 saturated heterocycles. The zero-order chi connectivity index (χ0) is 14.5. The van der Waals surface area contributed by atoms with Gasteiger partial charge in [-0.2, -0.15) is 0 Å². The van der Waals surface area contributed by atoms with Crippen molar-refractivity contribution in [2.45, 2.75) is 0 Å². The van der Waals surface area contributed by atoms with E-state index >= 15 is 0 Å². The summed E-state index contributed by atoms with van der Waals surface area (Å²) >= 11 is -2.77. The second-order valence-electron chi connectivity index (χ2n) is 5.11. The number of hydrogen-bond acceptors (Lipinski definition) is 0. The number of rotatable bonds is 4. The van der Waals surface area contributed by atoms with Gasteiger partial charge in [0.2, 0.25) is 0 Å². The predicted octanol–water partition coefficient (Wildman–Crippen LogP) is 2.88. The molecule has 0 amide bonds. The van der Waals surface area contributed by atoms with Crippen molar-refractivity contribution in [3.05, 3.63) is 102 Å². The van der Waals surface area contributed by atoms with Gasteiger partial charge in [-0.1, -0.05) is 0 Å². The second-order valence-corrected chi connectivity index (χ2v) is 13.0. The Morgan fingerprint density at radius 1 is 0.524 bits per heavy atom. The van der Waals surface area contributed by atoms with Crippen molar-refractivity contribution in [2.75, 3.05) is 0 Å². The van der Waals surface area contributed by atoms with E-state index in [1.54, 1.807) is 0 Å². The maximum atomic E-state index is 4.25. The molecule has 0 N–H and O–H groups in total. The first-order chi connectivity index (χ1) is 10.4. The van der Waals surface area contributed by atoms with Gasteiger partial charge >= 0.3 is 129 Å². The van der Waals surface area contributed by atoms with E-state index in [0.717, 1.165) is 0 Å². The molecule has 0 bridgehead atoms. The van der Waals surface area contributed by atoms with Crippen molar-refractivity contribution in [3.63, 3.8) is 0 Å². The summed E-state index contributed by atoms with van der Waals surface area (Å²) in [6, 6.07) is 32.5. The van der Waals surface area contributed by atoms with Gasteiger partial charge in [0.25, 0.3) is 0 Å². The first-order valence-electron chi connectivity index (χ1n) is 7.18. The van der Waals surface area contributed by atoms with Crippen LogP contribution in [0.4, 0.5) is 0 Å². The average molecular weight is 331 g/mol. The summed E-state index contributed by atoms with van der Waals surface area (Å²) < 4.78 is 4.26. The molecule has 0 radical (unpaired) electrons. The van der Waals surface area contributed by atoms with Gasteiger partial charge < -0.3 is 0 Å². The average Bonchev–Trinajstić information content (AvgIpc) is 2.59. The van der Waals surface area contributed by atoms with Gasteiger partial charge in [0.15, 0.2) is 0 Å². The molecule has 21 heavy (non-hydrogen) atoms. The van der Waals surface area contributed by atoms with Gasteiger partial charge in [0.05, 0.1) is 0 Å². The minimum atomic E-state index is -2.77. The number of hydrogen-bond donors (Lipinski definition) is 0. The Morgan fingerprint density at radius 2 is 0.810 bits per heavy atom. The Labute approximate surface area is 129 Å². The van der Waals surface area contributed by atoms with E-state index in [0.29, 0.717) is 0 Å². The molecule has 0 atom stereocenters. The molecule has 0 fully saturated rings. The fraction of sp³-hybridized carbons (Fsp3) is 0. The fourth-order valence-electron chi connectivity index (χ4n) is 2.96. The summed E-state index contributed by atoms with van der Waals surface area (Å²) in [5, 5.41) is 0. The van der Waals surface area contributed by atoms with Crippen LogP contribution in [0.3, 0.4) is 0 Å². The minimum absolute atomic E-state index is 1.42. The van der Waals surface area contributed by atoms with Gasteiger partial charge in [-0.05, 0) is 0 Å². The summed E-state index contributed by atoms with van der Waals surface area (Å²) in [5.74, 6) is 0. The van der Waals surface area contributed by atoms with E-state index in [4.69, 9.17) is 0 Å². The molecule has 0 unspecified atom stereocenters. The normalized spacial score (nSPS) is 11.0. The van der Waals surface area contributed by atoms with Gasteiger partial charge in [-0.15, -0.1) is 0 Å². The van der Waals surface area contributed by atoms with Crippen LogP contribution in [0.2, 0.25) is 0 Å². The summed E-state index contributed by atoms with van der Waals surface area (Å²) in [4.78, 5) is 2.24. The second kappa shape index (κ2) is 6.15.